The second kappa shape index (κ2) is 6.35. The number of aromatic nitrogens is 2. The topological polar surface area (TPSA) is 72.0 Å². The van der Waals surface area contributed by atoms with Gasteiger partial charge in [-0.15, -0.1) is 0 Å². The predicted octanol–water partition coefficient (Wildman–Crippen LogP) is 3.28. The fraction of sp³-hybridized carbons (Fsp3) is 0.263. The number of ketones is 1. The van der Waals surface area contributed by atoms with Crippen LogP contribution < -0.4 is 5.32 Å². The molecule has 3 rings (SSSR count). The average Bonchev–Trinajstić information content (AvgIpc) is 2.52. The molecule has 2 aromatic rings. The van der Waals surface area contributed by atoms with Crippen LogP contribution >= 0.6 is 0 Å². The van der Waals surface area contributed by atoms with Gasteiger partial charge in [0, 0.05) is 18.7 Å². The second-order valence-corrected chi connectivity index (χ2v) is 6.73. The molecular weight excluding hydrogens is 302 g/mol. The van der Waals surface area contributed by atoms with Gasteiger partial charge < -0.3 is 0 Å². The van der Waals surface area contributed by atoms with E-state index in [4.69, 9.17) is 0 Å². The highest BCUT2D eigenvalue weighted by Crippen LogP contribution is 2.33. The highest BCUT2D eigenvalue weighted by atomic mass is 16.1. The maximum atomic E-state index is 12.1. The Balaban J connectivity index is 1.73. The third-order valence-corrected chi connectivity index (χ3v) is 3.91. The first-order valence-corrected chi connectivity index (χ1v) is 7.86. The minimum atomic E-state index is -0.305. The van der Waals surface area contributed by atoms with Crippen molar-refractivity contribution in [1.29, 1.82) is 0 Å². The molecule has 1 N–H and O–H groups in total. The number of hydrogen-bond acceptors (Lipinski definition) is 4. The van der Waals surface area contributed by atoms with Gasteiger partial charge in [0.15, 0.2) is 5.78 Å². The van der Waals surface area contributed by atoms with Gasteiger partial charge in [-0.3, -0.25) is 14.9 Å². The Hall–Kier alpha value is -2.82. The van der Waals surface area contributed by atoms with Crippen LogP contribution in [0.15, 0.2) is 42.6 Å². The first-order valence-electron chi connectivity index (χ1n) is 7.86. The third-order valence-electron chi connectivity index (χ3n) is 3.91. The van der Waals surface area contributed by atoms with Gasteiger partial charge in [-0.2, -0.15) is 0 Å². The number of fused-ring (bicyclic) bond motifs is 1. The maximum absolute atomic E-state index is 12.1. The Bertz CT molecular complexity index is 811. The van der Waals surface area contributed by atoms with Gasteiger partial charge in [-0.1, -0.05) is 44.2 Å². The number of benzene rings is 1. The summed E-state index contributed by atoms with van der Waals surface area (Å²) >= 11 is 0. The zero-order chi connectivity index (χ0) is 17.2. The van der Waals surface area contributed by atoms with Crippen molar-refractivity contribution in [3.05, 3.63) is 59.4 Å². The van der Waals surface area contributed by atoms with Crippen LogP contribution in [0.5, 0.6) is 0 Å². The van der Waals surface area contributed by atoms with Crippen LogP contribution in [-0.4, -0.2) is 21.7 Å². The molecule has 1 aliphatic rings. The van der Waals surface area contributed by atoms with Crippen molar-refractivity contribution in [2.24, 2.45) is 5.41 Å². The highest BCUT2D eigenvalue weighted by Gasteiger charge is 2.32. The molecule has 122 valence electrons. The first kappa shape index (κ1) is 16.1. The molecule has 1 aromatic carbocycles. The van der Waals surface area contributed by atoms with Gasteiger partial charge in [0.05, 0.1) is 11.3 Å². The van der Waals surface area contributed by atoms with Crippen LogP contribution in [0.3, 0.4) is 0 Å². The Morgan fingerprint density at radius 3 is 2.71 bits per heavy atom. The van der Waals surface area contributed by atoms with E-state index >= 15 is 0 Å². The van der Waals surface area contributed by atoms with Crippen molar-refractivity contribution in [2.45, 2.75) is 26.7 Å². The van der Waals surface area contributed by atoms with Gasteiger partial charge in [-0.05, 0) is 23.5 Å². The van der Waals surface area contributed by atoms with Crippen molar-refractivity contribution in [2.75, 3.05) is 5.32 Å². The van der Waals surface area contributed by atoms with Crippen LogP contribution in [0.25, 0.3) is 6.08 Å². The lowest BCUT2D eigenvalue weighted by molar-refractivity contribution is -0.111. The number of anilines is 1. The fourth-order valence-corrected chi connectivity index (χ4v) is 2.78. The fourth-order valence-electron chi connectivity index (χ4n) is 2.78. The predicted molar refractivity (Wildman–Crippen MR) is 92.6 cm³/mol. The van der Waals surface area contributed by atoms with Crippen LogP contribution in [-0.2, 0) is 11.2 Å². The quantitative estimate of drug-likeness (QED) is 0.881. The number of nitrogens with zero attached hydrogens (tertiary/aromatic N) is 2. The van der Waals surface area contributed by atoms with Crippen molar-refractivity contribution in [3.8, 4) is 0 Å². The summed E-state index contributed by atoms with van der Waals surface area (Å²) in [5, 5.41) is 2.65. The number of carbonyl (C=O) groups excluding carboxylic acids is 2. The molecule has 0 radical (unpaired) electrons. The van der Waals surface area contributed by atoms with Gasteiger partial charge in [0.2, 0.25) is 5.95 Å². The SMILES string of the molecule is CC1(C)CC(=O)c2cnc(NC(=O)C=Cc3ccccc3)nc2C1. The number of carbonyl (C=O) groups is 2. The Morgan fingerprint density at radius 2 is 1.96 bits per heavy atom. The van der Waals surface area contributed by atoms with E-state index in [1.165, 1.54) is 12.3 Å². The van der Waals surface area contributed by atoms with E-state index < -0.39 is 0 Å². The van der Waals surface area contributed by atoms with Gasteiger partial charge in [-0.25, -0.2) is 9.97 Å². The lowest BCUT2D eigenvalue weighted by atomic mass is 9.76. The molecule has 0 unspecified atom stereocenters. The van der Waals surface area contributed by atoms with Crippen molar-refractivity contribution >= 4 is 23.7 Å². The van der Waals surface area contributed by atoms with Gasteiger partial charge in [0.1, 0.15) is 0 Å². The molecule has 1 aliphatic carbocycles. The Kier molecular flexibility index (Phi) is 4.25. The summed E-state index contributed by atoms with van der Waals surface area (Å²) in [4.78, 5) is 32.6. The zero-order valence-corrected chi connectivity index (χ0v) is 13.7. The standard InChI is InChI=1S/C19H19N3O2/c1-19(2)10-15-14(16(23)11-19)12-20-18(21-15)22-17(24)9-8-13-6-4-3-5-7-13/h3-9,12H,10-11H2,1-2H3,(H,20,21,22,24). The maximum Gasteiger partial charge on any atom is 0.250 e. The molecule has 1 aromatic heterocycles. The average molecular weight is 321 g/mol. The van der Waals surface area contributed by atoms with E-state index in [2.05, 4.69) is 15.3 Å². The number of amides is 1. The summed E-state index contributed by atoms with van der Waals surface area (Å²) in [5.74, 6) is -0.0229. The van der Waals surface area contributed by atoms with Crippen LogP contribution in [0.2, 0.25) is 0 Å². The van der Waals surface area contributed by atoms with E-state index in [1.807, 2.05) is 44.2 Å². The van der Waals surface area contributed by atoms with Gasteiger partial charge in [0.25, 0.3) is 5.91 Å². The molecule has 5 nitrogen and oxygen atoms in total. The number of rotatable bonds is 3. The molecule has 0 aliphatic heterocycles. The van der Waals surface area contributed by atoms with E-state index in [9.17, 15) is 9.59 Å². The monoisotopic (exact) mass is 321 g/mol. The smallest absolute Gasteiger partial charge is 0.250 e. The van der Waals surface area contributed by atoms with Gasteiger partial charge >= 0.3 is 0 Å². The number of hydrogen-bond donors (Lipinski definition) is 1. The minimum absolute atomic E-state index is 0.0584. The summed E-state index contributed by atoms with van der Waals surface area (Å²) in [5.41, 5.74) is 2.08. The molecule has 1 amide bonds. The highest BCUT2D eigenvalue weighted by molar-refractivity contribution is 6.01. The van der Waals surface area contributed by atoms with Crippen LogP contribution in [0.1, 0.15) is 41.9 Å². The summed E-state index contributed by atoms with van der Waals surface area (Å²) < 4.78 is 0. The zero-order valence-electron chi connectivity index (χ0n) is 13.7. The molecule has 0 spiro atoms. The van der Waals surface area contributed by atoms with E-state index in [-0.39, 0.29) is 23.1 Å². The summed E-state index contributed by atoms with van der Waals surface area (Å²) in [6.07, 6.45) is 5.86. The molecule has 0 atom stereocenters. The molecule has 24 heavy (non-hydrogen) atoms. The van der Waals surface area contributed by atoms with Crippen LogP contribution in [0.4, 0.5) is 5.95 Å². The van der Waals surface area contributed by atoms with Crippen molar-refractivity contribution < 1.29 is 9.59 Å². The molecule has 0 saturated heterocycles. The van der Waals surface area contributed by atoms with E-state index in [0.717, 1.165) is 5.56 Å². The number of Topliss-reactive ketones (excluding diaryl/α,β-unsaturated/α-hetero) is 1. The molecule has 5 heteroatoms. The molecule has 0 fully saturated rings. The summed E-state index contributed by atoms with van der Waals surface area (Å²) in [6, 6.07) is 9.55. The van der Waals surface area contributed by atoms with Crippen molar-refractivity contribution in [1.82, 2.24) is 9.97 Å². The minimum Gasteiger partial charge on any atom is -0.294 e. The van der Waals surface area contributed by atoms with E-state index in [0.29, 0.717) is 24.1 Å². The Labute approximate surface area is 140 Å². The summed E-state index contributed by atoms with van der Waals surface area (Å²) in [7, 11) is 0. The molecule has 0 saturated carbocycles. The van der Waals surface area contributed by atoms with Crippen LogP contribution in [0, 0.1) is 5.41 Å². The molecule has 1 heterocycles. The normalized spacial score (nSPS) is 16.0. The summed E-state index contributed by atoms with van der Waals surface area (Å²) in [6.45, 7) is 4.08. The lowest BCUT2D eigenvalue weighted by Gasteiger charge is -2.29. The third kappa shape index (κ3) is 3.74. The molecule has 0 bridgehead atoms. The van der Waals surface area contributed by atoms with Crippen molar-refractivity contribution in [3.63, 3.8) is 0 Å². The first-order chi connectivity index (χ1) is 11.4. The number of nitrogens with one attached hydrogen (secondary N) is 1. The molecular formula is C19H19N3O2. The second-order valence-electron chi connectivity index (χ2n) is 6.73. The Morgan fingerprint density at radius 1 is 1.21 bits per heavy atom. The lowest BCUT2D eigenvalue weighted by Crippen LogP contribution is -2.28. The largest absolute Gasteiger partial charge is 0.294 e. The van der Waals surface area contributed by atoms with E-state index in [1.54, 1.807) is 6.08 Å².